The molecule has 0 aromatic heterocycles. The number of allylic oxidation sites excluding steroid dienone is 2. The maximum absolute atomic E-state index is 12.8. The molecule has 0 fully saturated rings. The first-order valence-corrected chi connectivity index (χ1v) is 29.2. The second-order valence-electron chi connectivity index (χ2n) is 19.9. The molecule has 0 amide bonds. The zero-order valence-corrected chi connectivity index (χ0v) is 44.0. The highest BCUT2D eigenvalue weighted by Gasteiger charge is 2.19. The largest absolute Gasteiger partial charge is 0.462 e. The number of ether oxygens (including phenoxy) is 3. The van der Waals surface area contributed by atoms with Crippen molar-refractivity contribution in [3.8, 4) is 0 Å². The average molecular weight is 918 g/mol. The minimum Gasteiger partial charge on any atom is -0.462 e. The van der Waals surface area contributed by atoms with Crippen LogP contribution in [0.4, 0.5) is 0 Å². The normalized spacial score (nSPS) is 12.0. The third kappa shape index (κ3) is 53.0. The maximum atomic E-state index is 12.8. The third-order valence-electron chi connectivity index (χ3n) is 13.3. The van der Waals surface area contributed by atoms with Crippen LogP contribution in [0.3, 0.4) is 0 Å². The van der Waals surface area contributed by atoms with Crippen molar-refractivity contribution in [2.45, 2.75) is 335 Å². The number of unbranched alkanes of at least 4 members (excludes halogenated alkanes) is 41. The second-order valence-corrected chi connectivity index (χ2v) is 19.9. The van der Waals surface area contributed by atoms with E-state index in [1.807, 2.05) is 0 Å². The van der Waals surface area contributed by atoms with Crippen LogP contribution in [0, 0.1) is 0 Å². The summed E-state index contributed by atoms with van der Waals surface area (Å²) in [6.07, 6.45) is 62.4. The van der Waals surface area contributed by atoms with Gasteiger partial charge >= 0.3 is 17.9 Å². The van der Waals surface area contributed by atoms with Crippen molar-refractivity contribution in [2.75, 3.05) is 13.2 Å². The van der Waals surface area contributed by atoms with E-state index in [0.29, 0.717) is 19.3 Å². The molecule has 0 aliphatic heterocycles. The first-order valence-electron chi connectivity index (χ1n) is 29.2. The van der Waals surface area contributed by atoms with E-state index in [2.05, 4.69) is 32.9 Å². The highest BCUT2D eigenvalue weighted by molar-refractivity contribution is 5.71. The smallest absolute Gasteiger partial charge is 0.306 e. The summed E-state index contributed by atoms with van der Waals surface area (Å²) >= 11 is 0. The highest BCUT2D eigenvalue weighted by Crippen LogP contribution is 2.17. The van der Waals surface area contributed by atoms with E-state index in [4.69, 9.17) is 14.2 Å². The Labute approximate surface area is 405 Å². The van der Waals surface area contributed by atoms with Crippen LogP contribution in [0.15, 0.2) is 12.2 Å². The van der Waals surface area contributed by atoms with E-state index in [-0.39, 0.29) is 31.1 Å². The molecule has 0 bridgehead atoms. The van der Waals surface area contributed by atoms with Crippen LogP contribution < -0.4 is 0 Å². The van der Waals surface area contributed by atoms with Gasteiger partial charge in [0, 0.05) is 19.3 Å². The molecular weight excluding hydrogens is 805 g/mol. The molecule has 0 aliphatic carbocycles. The molecule has 0 heterocycles. The fourth-order valence-corrected chi connectivity index (χ4v) is 8.85. The highest BCUT2D eigenvalue weighted by atomic mass is 16.6. The van der Waals surface area contributed by atoms with Crippen molar-refractivity contribution in [2.24, 2.45) is 0 Å². The summed E-state index contributed by atoms with van der Waals surface area (Å²) < 4.78 is 16.8. The predicted molar refractivity (Wildman–Crippen MR) is 280 cm³/mol. The van der Waals surface area contributed by atoms with Crippen LogP contribution in [0.1, 0.15) is 329 Å². The summed E-state index contributed by atoms with van der Waals surface area (Å²) in [4.78, 5) is 37.9. The van der Waals surface area contributed by atoms with E-state index in [1.165, 1.54) is 225 Å². The zero-order chi connectivity index (χ0) is 47.2. The summed E-state index contributed by atoms with van der Waals surface area (Å²) in [5.74, 6) is -0.864. The van der Waals surface area contributed by atoms with Gasteiger partial charge in [-0.1, -0.05) is 277 Å². The molecule has 0 aromatic carbocycles. The Bertz CT molecular complexity index is 1010. The SMILES string of the molecule is CCCCCCCC/C=C\CCCCCCCC(=O)OC(COC(=O)CCCCCCCCC)COC(=O)CCCCCCCCCCCCCCCCCCCCCCCCCCC. The molecule has 0 N–H and O–H groups in total. The van der Waals surface area contributed by atoms with E-state index < -0.39 is 6.10 Å². The van der Waals surface area contributed by atoms with Gasteiger partial charge in [-0.25, -0.2) is 0 Å². The van der Waals surface area contributed by atoms with Crippen molar-refractivity contribution < 1.29 is 28.6 Å². The standard InChI is InChI=1S/C59H112O6/c1-4-7-10-13-16-18-20-22-24-25-26-27-28-29-30-31-32-33-35-36-38-40-43-46-49-52-58(61)64-55-56(54-63-57(60)51-48-45-42-15-12-9-6-3)65-59(62)53-50-47-44-41-39-37-34-23-21-19-17-14-11-8-5-2/h23,34,56H,4-22,24-33,35-55H2,1-3H3/b34-23-. The van der Waals surface area contributed by atoms with E-state index in [9.17, 15) is 14.4 Å². The van der Waals surface area contributed by atoms with Crippen LogP contribution in [-0.4, -0.2) is 37.2 Å². The van der Waals surface area contributed by atoms with E-state index in [0.717, 1.165) is 64.2 Å². The van der Waals surface area contributed by atoms with Gasteiger partial charge in [-0.3, -0.25) is 14.4 Å². The molecule has 0 radical (unpaired) electrons. The Morgan fingerprint density at radius 1 is 0.292 bits per heavy atom. The molecule has 1 atom stereocenters. The van der Waals surface area contributed by atoms with Gasteiger partial charge in [0.1, 0.15) is 13.2 Å². The minimum absolute atomic E-state index is 0.0684. The minimum atomic E-state index is -0.767. The fraction of sp³-hybridized carbons (Fsp3) is 0.915. The lowest BCUT2D eigenvalue weighted by atomic mass is 10.0. The Balaban J connectivity index is 4.07. The quantitative estimate of drug-likeness (QED) is 0.0262. The summed E-state index contributed by atoms with van der Waals surface area (Å²) in [5.41, 5.74) is 0. The van der Waals surface area contributed by atoms with E-state index in [1.54, 1.807) is 0 Å². The summed E-state index contributed by atoms with van der Waals surface area (Å²) in [6, 6.07) is 0. The number of carbonyl (C=O) groups is 3. The van der Waals surface area contributed by atoms with Crippen LogP contribution in [-0.2, 0) is 28.6 Å². The van der Waals surface area contributed by atoms with Gasteiger partial charge in [0.05, 0.1) is 0 Å². The van der Waals surface area contributed by atoms with Gasteiger partial charge in [0.25, 0.3) is 0 Å². The molecule has 0 saturated carbocycles. The molecule has 6 heteroatoms. The van der Waals surface area contributed by atoms with Crippen LogP contribution >= 0.6 is 0 Å². The van der Waals surface area contributed by atoms with Crippen LogP contribution in [0.25, 0.3) is 0 Å². The zero-order valence-electron chi connectivity index (χ0n) is 44.0. The van der Waals surface area contributed by atoms with Crippen LogP contribution in [0.2, 0.25) is 0 Å². The number of hydrogen-bond donors (Lipinski definition) is 0. The van der Waals surface area contributed by atoms with E-state index >= 15 is 0 Å². The Kier molecular flexibility index (Phi) is 53.2. The molecular formula is C59H112O6. The maximum Gasteiger partial charge on any atom is 0.306 e. The molecule has 0 saturated heterocycles. The average Bonchev–Trinajstić information content (AvgIpc) is 3.30. The molecule has 0 rings (SSSR count). The van der Waals surface area contributed by atoms with Gasteiger partial charge in [0.15, 0.2) is 6.10 Å². The molecule has 384 valence electrons. The number of rotatable bonds is 54. The number of carbonyl (C=O) groups excluding carboxylic acids is 3. The van der Waals surface area contributed by atoms with Gasteiger partial charge < -0.3 is 14.2 Å². The summed E-state index contributed by atoms with van der Waals surface area (Å²) in [7, 11) is 0. The van der Waals surface area contributed by atoms with Gasteiger partial charge in [-0.05, 0) is 44.9 Å². The van der Waals surface area contributed by atoms with Crippen molar-refractivity contribution in [1.29, 1.82) is 0 Å². The molecule has 0 spiro atoms. The summed E-state index contributed by atoms with van der Waals surface area (Å²) in [6.45, 7) is 6.64. The predicted octanol–water partition coefficient (Wildman–Crippen LogP) is 19.3. The third-order valence-corrected chi connectivity index (χ3v) is 13.3. The summed E-state index contributed by atoms with van der Waals surface area (Å²) in [5, 5.41) is 0. The molecule has 0 aliphatic rings. The Hall–Kier alpha value is -1.85. The van der Waals surface area contributed by atoms with Gasteiger partial charge in [0.2, 0.25) is 0 Å². The van der Waals surface area contributed by atoms with Crippen molar-refractivity contribution >= 4 is 17.9 Å². The second kappa shape index (κ2) is 54.8. The van der Waals surface area contributed by atoms with Gasteiger partial charge in [-0.2, -0.15) is 0 Å². The lowest BCUT2D eigenvalue weighted by Crippen LogP contribution is -2.30. The Morgan fingerprint density at radius 2 is 0.508 bits per heavy atom. The number of esters is 3. The lowest BCUT2D eigenvalue weighted by Gasteiger charge is -2.18. The Morgan fingerprint density at radius 3 is 0.769 bits per heavy atom. The first-order chi connectivity index (χ1) is 32.0. The molecule has 1 unspecified atom stereocenters. The monoisotopic (exact) mass is 917 g/mol. The molecule has 0 aromatic rings. The first kappa shape index (κ1) is 63.1. The van der Waals surface area contributed by atoms with Crippen molar-refractivity contribution in [3.63, 3.8) is 0 Å². The molecule has 6 nitrogen and oxygen atoms in total. The lowest BCUT2D eigenvalue weighted by molar-refractivity contribution is -0.167. The molecule has 65 heavy (non-hydrogen) atoms. The van der Waals surface area contributed by atoms with Crippen molar-refractivity contribution in [3.05, 3.63) is 12.2 Å². The van der Waals surface area contributed by atoms with Gasteiger partial charge in [-0.15, -0.1) is 0 Å². The fourth-order valence-electron chi connectivity index (χ4n) is 8.85. The number of hydrogen-bond acceptors (Lipinski definition) is 6. The van der Waals surface area contributed by atoms with Crippen molar-refractivity contribution in [1.82, 2.24) is 0 Å². The van der Waals surface area contributed by atoms with Crippen LogP contribution in [0.5, 0.6) is 0 Å². The topological polar surface area (TPSA) is 78.9 Å².